The Morgan fingerprint density at radius 3 is 2.80 bits per heavy atom. The van der Waals surface area contributed by atoms with Crippen molar-refractivity contribution in [1.82, 2.24) is 10.2 Å². The van der Waals surface area contributed by atoms with Gasteiger partial charge in [-0.15, -0.1) is 0 Å². The predicted octanol–water partition coefficient (Wildman–Crippen LogP) is 0.832. The van der Waals surface area contributed by atoms with Gasteiger partial charge in [0.25, 0.3) is 0 Å². The highest BCUT2D eigenvalue weighted by atomic mass is 32.2. The lowest BCUT2D eigenvalue weighted by Gasteiger charge is -2.34. The third kappa shape index (κ3) is 4.24. The van der Waals surface area contributed by atoms with Crippen molar-refractivity contribution in [1.29, 1.82) is 0 Å². The molecule has 2 aliphatic rings. The monoisotopic (exact) mass is 368 g/mol. The van der Waals surface area contributed by atoms with Gasteiger partial charge in [0.1, 0.15) is 0 Å². The van der Waals surface area contributed by atoms with E-state index in [1.54, 1.807) is 11.0 Å². The molecule has 1 unspecified atom stereocenters. The van der Waals surface area contributed by atoms with E-state index in [-0.39, 0.29) is 29.0 Å². The second-order valence-electron chi connectivity index (χ2n) is 6.37. The van der Waals surface area contributed by atoms with Crippen LogP contribution in [-0.2, 0) is 14.6 Å². The summed E-state index contributed by atoms with van der Waals surface area (Å²) >= 11 is 0. The van der Waals surface area contributed by atoms with E-state index in [4.69, 9.17) is 9.47 Å². The van der Waals surface area contributed by atoms with Crippen molar-refractivity contribution in [2.45, 2.75) is 30.7 Å². The average Bonchev–Trinajstić information content (AvgIpc) is 2.85. The summed E-state index contributed by atoms with van der Waals surface area (Å²) in [4.78, 5) is 14.3. The Bertz CT molecular complexity index is 735. The molecule has 7 nitrogen and oxygen atoms in total. The van der Waals surface area contributed by atoms with E-state index in [1.165, 1.54) is 12.1 Å². The molecule has 0 radical (unpaired) electrons. The maximum Gasteiger partial charge on any atom is 0.223 e. The number of rotatable bonds is 4. The Hall–Kier alpha value is -1.80. The summed E-state index contributed by atoms with van der Waals surface area (Å²) < 4.78 is 36.3. The molecule has 25 heavy (non-hydrogen) atoms. The van der Waals surface area contributed by atoms with E-state index in [2.05, 4.69) is 5.32 Å². The highest BCUT2D eigenvalue weighted by Crippen LogP contribution is 2.32. The van der Waals surface area contributed by atoms with Gasteiger partial charge in [0.05, 0.1) is 23.9 Å². The average molecular weight is 368 g/mol. The zero-order chi connectivity index (χ0) is 17.9. The summed E-state index contributed by atoms with van der Waals surface area (Å²) in [5, 5.41) is 3.21. The summed E-state index contributed by atoms with van der Waals surface area (Å²) in [6, 6.07) is 4.71. The number of hydrogen-bond donors (Lipinski definition) is 1. The fourth-order valence-electron chi connectivity index (χ4n) is 3.03. The number of carbonyl (C=O) groups is 1. The van der Waals surface area contributed by atoms with Gasteiger partial charge in [-0.05, 0) is 19.1 Å². The number of ether oxygens (including phenoxy) is 2. The van der Waals surface area contributed by atoms with Crippen molar-refractivity contribution in [3.8, 4) is 11.5 Å². The molecule has 0 bridgehead atoms. The number of fused-ring (bicyclic) bond motifs is 1. The first-order chi connectivity index (χ1) is 12.0. The summed E-state index contributed by atoms with van der Waals surface area (Å²) in [5.41, 5.74) is 0. The summed E-state index contributed by atoms with van der Waals surface area (Å²) in [5.74, 6) is 0.678. The number of carbonyl (C=O) groups excluding carboxylic acids is 1. The molecule has 0 saturated carbocycles. The Morgan fingerprint density at radius 1 is 1.28 bits per heavy atom. The zero-order valence-corrected chi connectivity index (χ0v) is 15.2. The molecule has 1 amide bonds. The first kappa shape index (κ1) is 18.0. The third-order valence-electron chi connectivity index (χ3n) is 4.48. The number of nitrogens with one attached hydrogen (secondary N) is 1. The van der Waals surface area contributed by atoms with Crippen LogP contribution in [-0.4, -0.2) is 63.9 Å². The fourth-order valence-corrected chi connectivity index (χ4v) is 4.27. The topological polar surface area (TPSA) is 84.9 Å². The number of piperazine rings is 1. The molecule has 1 N–H and O–H groups in total. The van der Waals surface area contributed by atoms with Gasteiger partial charge in [-0.2, -0.15) is 0 Å². The van der Waals surface area contributed by atoms with E-state index in [0.29, 0.717) is 31.3 Å². The van der Waals surface area contributed by atoms with Crippen molar-refractivity contribution in [3.63, 3.8) is 0 Å². The van der Waals surface area contributed by atoms with Crippen LogP contribution in [0.25, 0.3) is 0 Å². The number of amides is 1. The van der Waals surface area contributed by atoms with Crippen molar-refractivity contribution in [2.75, 3.05) is 38.6 Å². The molecule has 0 aromatic heterocycles. The Labute approximate surface area is 148 Å². The number of hydrogen-bond acceptors (Lipinski definition) is 6. The highest BCUT2D eigenvalue weighted by molar-refractivity contribution is 7.91. The van der Waals surface area contributed by atoms with Crippen LogP contribution in [0, 0.1) is 0 Å². The van der Waals surface area contributed by atoms with Crippen molar-refractivity contribution < 1.29 is 22.7 Å². The maximum atomic E-state index is 12.6. The molecule has 1 saturated heterocycles. The summed E-state index contributed by atoms with van der Waals surface area (Å²) in [6.07, 6.45) is 0.745. The molecule has 1 fully saturated rings. The quantitative estimate of drug-likeness (QED) is 0.847. The first-order valence-corrected chi connectivity index (χ1v) is 10.3. The van der Waals surface area contributed by atoms with E-state index >= 15 is 0 Å². The van der Waals surface area contributed by atoms with Crippen molar-refractivity contribution in [2.24, 2.45) is 0 Å². The van der Waals surface area contributed by atoms with Gasteiger partial charge in [-0.1, -0.05) is 0 Å². The smallest absolute Gasteiger partial charge is 0.223 e. The summed E-state index contributed by atoms with van der Waals surface area (Å²) in [6.45, 7) is 5.10. The molecular weight excluding hydrogens is 344 g/mol. The molecule has 0 aliphatic carbocycles. The second-order valence-corrected chi connectivity index (χ2v) is 8.48. The molecule has 138 valence electrons. The standard InChI is InChI=1S/C17H24N2O5S/c1-13-12-18-6-7-19(13)17(20)5-10-25(21,22)14-3-4-15-16(11-14)24-9-2-8-23-15/h3-4,11,13,18H,2,5-10,12H2,1H3. The lowest BCUT2D eigenvalue weighted by atomic mass is 10.2. The minimum atomic E-state index is -3.56. The number of sulfone groups is 1. The van der Waals surface area contributed by atoms with E-state index in [0.717, 1.165) is 19.5 Å². The predicted molar refractivity (Wildman–Crippen MR) is 92.8 cm³/mol. The van der Waals surface area contributed by atoms with Gasteiger partial charge < -0.3 is 19.7 Å². The number of benzene rings is 1. The van der Waals surface area contributed by atoms with Crippen LogP contribution in [0.2, 0.25) is 0 Å². The Morgan fingerprint density at radius 2 is 2.04 bits per heavy atom. The van der Waals surface area contributed by atoms with Gasteiger partial charge in [0, 0.05) is 44.6 Å². The Balaban J connectivity index is 1.67. The minimum absolute atomic E-state index is 0.0128. The van der Waals surface area contributed by atoms with Gasteiger partial charge in [-0.3, -0.25) is 4.79 Å². The molecule has 1 aromatic carbocycles. The van der Waals surface area contributed by atoms with Gasteiger partial charge in [-0.25, -0.2) is 8.42 Å². The lowest BCUT2D eigenvalue weighted by molar-refractivity contribution is -0.133. The van der Waals surface area contributed by atoms with E-state index in [1.807, 2.05) is 6.92 Å². The normalized spacial score (nSPS) is 20.8. The van der Waals surface area contributed by atoms with Gasteiger partial charge >= 0.3 is 0 Å². The summed E-state index contributed by atoms with van der Waals surface area (Å²) in [7, 11) is -3.56. The molecule has 8 heteroatoms. The van der Waals surface area contributed by atoms with Crippen LogP contribution in [0.4, 0.5) is 0 Å². The van der Waals surface area contributed by atoms with E-state index < -0.39 is 9.84 Å². The van der Waals surface area contributed by atoms with Crippen molar-refractivity contribution in [3.05, 3.63) is 18.2 Å². The molecule has 0 spiro atoms. The van der Waals surface area contributed by atoms with Crippen LogP contribution in [0.15, 0.2) is 23.1 Å². The van der Waals surface area contributed by atoms with E-state index in [9.17, 15) is 13.2 Å². The van der Waals surface area contributed by atoms with Gasteiger partial charge in [0.2, 0.25) is 5.91 Å². The van der Waals surface area contributed by atoms with Crippen molar-refractivity contribution >= 4 is 15.7 Å². The van der Waals surface area contributed by atoms with Crippen LogP contribution < -0.4 is 14.8 Å². The molecular formula is C17H24N2O5S. The first-order valence-electron chi connectivity index (χ1n) is 8.60. The highest BCUT2D eigenvalue weighted by Gasteiger charge is 2.25. The third-order valence-corrected chi connectivity index (χ3v) is 6.20. The van der Waals surface area contributed by atoms with Crippen LogP contribution >= 0.6 is 0 Å². The van der Waals surface area contributed by atoms with Crippen LogP contribution in [0.1, 0.15) is 19.8 Å². The lowest BCUT2D eigenvalue weighted by Crippen LogP contribution is -2.52. The largest absolute Gasteiger partial charge is 0.490 e. The SMILES string of the molecule is CC1CNCCN1C(=O)CCS(=O)(=O)c1ccc2c(c1)OCCCO2. The minimum Gasteiger partial charge on any atom is -0.490 e. The number of nitrogens with zero attached hydrogens (tertiary/aromatic N) is 1. The second kappa shape index (κ2) is 7.61. The van der Waals surface area contributed by atoms with Gasteiger partial charge in [0.15, 0.2) is 21.3 Å². The fraction of sp³-hybridized carbons (Fsp3) is 0.588. The van der Waals surface area contributed by atoms with Crippen LogP contribution in [0.3, 0.4) is 0 Å². The molecule has 3 rings (SSSR count). The maximum absolute atomic E-state index is 12.6. The Kier molecular flexibility index (Phi) is 5.48. The molecule has 2 heterocycles. The van der Waals surface area contributed by atoms with Crippen LogP contribution in [0.5, 0.6) is 11.5 Å². The molecule has 1 aromatic rings. The molecule has 2 aliphatic heterocycles. The molecule has 1 atom stereocenters. The zero-order valence-electron chi connectivity index (χ0n) is 14.4.